The van der Waals surface area contributed by atoms with Gasteiger partial charge in [-0.1, -0.05) is 10.9 Å². The van der Waals surface area contributed by atoms with Crippen molar-refractivity contribution in [3.63, 3.8) is 0 Å². The molecule has 0 aromatic heterocycles. The van der Waals surface area contributed by atoms with Crippen LogP contribution in [-0.4, -0.2) is 0 Å². The molecule has 0 aromatic rings. The molecule has 8 heavy (non-hydrogen) atoms. The van der Waals surface area contributed by atoms with Crippen LogP contribution in [0.2, 0.25) is 0 Å². The van der Waals surface area contributed by atoms with E-state index in [-0.39, 0.29) is 18.9 Å². The Morgan fingerprint density at radius 3 is 1.88 bits per heavy atom. The van der Waals surface area contributed by atoms with Crippen LogP contribution in [0.5, 0.6) is 0 Å². The summed E-state index contributed by atoms with van der Waals surface area (Å²) in [6.45, 7) is 0. The Morgan fingerprint density at radius 2 is 1.88 bits per heavy atom. The zero-order valence-electron chi connectivity index (χ0n) is 4.33. The molecule has 0 N–H and O–H groups in total. The van der Waals surface area contributed by atoms with Gasteiger partial charge >= 0.3 is 18.9 Å². The molecule has 0 unspecified atom stereocenters. The van der Waals surface area contributed by atoms with Crippen LogP contribution in [0.3, 0.4) is 0 Å². The zero-order chi connectivity index (χ0) is 4.99. The molecule has 7 heteroatoms. The molecule has 36 valence electrons. The monoisotopic (exact) mass is 378 g/mol. The maximum absolute atomic E-state index is 9.21. The molecule has 0 amide bonds. The van der Waals surface area contributed by atoms with Crippen molar-refractivity contribution < 1.29 is 27.3 Å². The summed E-state index contributed by atoms with van der Waals surface area (Å²) in [5, 5.41) is 7.43. The second kappa shape index (κ2) is 9.28. The van der Waals surface area contributed by atoms with Gasteiger partial charge in [0.25, 0.3) is 0 Å². The van der Waals surface area contributed by atoms with Crippen molar-refractivity contribution in [2.24, 2.45) is 0 Å². The summed E-state index contributed by atoms with van der Waals surface area (Å²) in [6.07, 6.45) is 1.08. The van der Waals surface area contributed by atoms with Gasteiger partial charge in [-0.15, -0.1) is 6.19 Å². The van der Waals surface area contributed by atoms with Crippen molar-refractivity contribution in [1.29, 1.82) is 5.26 Å². The van der Waals surface area contributed by atoms with Crippen LogP contribution in [-0.2, 0) is 19.3 Å². The van der Waals surface area contributed by atoms with Crippen LogP contribution < -0.4 is 18.9 Å². The quantitative estimate of drug-likeness (QED) is 0.279. The minimum absolute atomic E-state index is 0. The molecule has 4 nitrogen and oxygen atoms in total. The first-order valence-electron chi connectivity index (χ1n) is 0.963. The predicted molar refractivity (Wildman–Crippen MR) is 17.7 cm³/mol. The smallest absolute Gasteiger partial charge is 0.496 e. The SMILES string of the molecule is N#C[N-][S-](=O)=O.[Li+].[Rf]. The van der Waals surface area contributed by atoms with Gasteiger partial charge < -0.3 is 18.4 Å². The molecular formula is CLiN2O2RfS-. The number of nitrogens with zero attached hydrogens (tertiary/aromatic N) is 2. The topological polar surface area (TPSA) is 72.0 Å². The Balaban J connectivity index is -0.000000125. The van der Waals surface area contributed by atoms with Crippen molar-refractivity contribution in [3.8, 4) is 6.19 Å². The van der Waals surface area contributed by atoms with E-state index in [0.717, 1.165) is 6.19 Å². The summed E-state index contributed by atoms with van der Waals surface area (Å²) in [5.74, 6) is 0. The predicted octanol–water partition coefficient (Wildman–Crippen LogP) is -2.93. The molecule has 0 rings (SSSR count). The summed E-state index contributed by atoms with van der Waals surface area (Å²) < 4.78 is 20.8. The Bertz CT molecular complexity index is 131. The first-order valence-corrected chi connectivity index (χ1v) is 1.99. The van der Waals surface area contributed by atoms with E-state index in [2.05, 4.69) is 4.72 Å². The maximum atomic E-state index is 9.21. The van der Waals surface area contributed by atoms with E-state index in [1.165, 1.54) is 0 Å². The first-order chi connectivity index (χ1) is 2.77. The van der Waals surface area contributed by atoms with E-state index in [9.17, 15) is 8.42 Å². The molecule has 0 heterocycles. The summed E-state index contributed by atoms with van der Waals surface area (Å²) in [6, 6.07) is 0. The van der Waals surface area contributed by atoms with E-state index in [1.54, 1.807) is 0 Å². The van der Waals surface area contributed by atoms with Gasteiger partial charge in [0.2, 0.25) is 0 Å². The van der Waals surface area contributed by atoms with Crippen LogP contribution >= 0.6 is 0 Å². The molecule has 0 aromatic carbocycles. The van der Waals surface area contributed by atoms with Crippen molar-refractivity contribution >= 4 is 10.9 Å². The fourth-order valence-corrected chi connectivity index (χ4v) is 0.100. The number of nitriles is 1. The van der Waals surface area contributed by atoms with E-state index < -0.39 is 10.9 Å². The number of hydrogen-bond donors (Lipinski definition) is 0. The van der Waals surface area contributed by atoms with Crippen LogP contribution in [0.25, 0.3) is 4.72 Å². The standard InChI is InChI=1S/CN2O2S.Li.Rf/c2-1-3-6(4)5;;/q-2;+1;. The summed E-state index contributed by atoms with van der Waals surface area (Å²) in [4.78, 5) is 0. The molecule has 0 aliphatic heterocycles. The summed E-state index contributed by atoms with van der Waals surface area (Å²) in [5.41, 5.74) is 0. The molecule has 0 fully saturated rings. The van der Waals surface area contributed by atoms with E-state index in [0.29, 0.717) is 0 Å². The van der Waals surface area contributed by atoms with Gasteiger partial charge in [-0.2, -0.15) is 0 Å². The largest absolute Gasteiger partial charge is 1.00 e. The van der Waals surface area contributed by atoms with E-state index in [1.807, 2.05) is 0 Å². The molecular weight excluding hydrogens is 378 g/mol. The van der Waals surface area contributed by atoms with Crippen LogP contribution in [0.15, 0.2) is 0 Å². The average Bonchev–Trinajstić information content (AvgIpc) is 1.35. The van der Waals surface area contributed by atoms with Crippen molar-refractivity contribution in [3.05, 3.63) is 4.72 Å². The van der Waals surface area contributed by atoms with Crippen LogP contribution in [0, 0.1) is 11.5 Å². The van der Waals surface area contributed by atoms with Crippen molar-refractivity contribution in [2.45, 2.75) is 0 Å². The van der Waals surface area contributed by atoms with Gasteiger partial charge in [0, 0.05) is 0 Å². The van der Waals surface area contributed by atoms with Crippen molar-refractivity contribution in [1.82, 2.24) is 0 Å². The third kappa shape index (κ3) is 21.1. The normalized spacial score (nSPS) is 5.50. The Labute approximate surface area is 54.8 Å². The molecule has 0 aliphatic rings. The Morgan fingerprint density at radius 1 is 1.50 bits per heavy atom. The Hall–Kier alpha value is -1.16. The fraction of sp³-hybridized carbons (Fsp3) is 0. The van der Waals surface area contributed by atoms with Gasteiger partial charge in [-0.3, -0.25) is 0 Å². The molecule has 0 radical (unpaired) electrons. The molecule has 0 saturated heterocycles. The molecule has 0 atom stereocenters. The van der Waals surface area contributed by atoms with Gasteiger partial charge in [0.05, 0.1) is 0 Å². The van der Waals surface area contributed by atoms with Crippen LogP contribution in [0.1, 0.15) is 0 Å². The van der Waals surface area contributed by atoms with Gasteiger partial charge in [-0.25, -0.2) is 0 Å². The van der Waals surface area contributed by atoms with Gasteiger partial charge in [-0.05, 0) is 0 Å². The van der Waals surface area contributed by atoms with Gasteiger partial charge in [0.15, 0.2) is 0 Å². The van der Waals surface area contributed by atoms with Crippen LogP contribution in [0.4, 0.5) is 0 Å². The molecule has 0 bridgehead atoms. The van der Waals surface area contributed by atoms with Crippen molar-refractivity contribution in [2.75, 3.05) is 0 Å². The zero-order valence-corrected chi connectivity index (χ0v) is 11.5. The maximum Gasteiger partial charge on any atom is 1.00 e. The second-order valence-electron chi connectivity index (χ2n) is 0.408. The summed E-state index contributed by atoms with van der Waals surface area (Å²) >= 11 is 0. The first kappa shape index (κ1) is 15.8. The van der Waals surface area contributed by atoms with E-state index >= 15 is 0 Å². The number of hydrogen-bond acceptors (Lipinski definition) is 4. The fourth-order valence-electron chi connectivity index (χ4n) is 0.0333. The molecule has 0 spiro atoms. The molecule has 0 aliphatic carbocycles. The second-order valence-corrected chi connectivity index (χ2v) is 1.03. The summed E-state index contributed by atoms with van der Waals surface area (Å²) in [7, 11) is -2.55. The Kier molecular flexibility index (Phi) is 18.3. The van der Waals surface area contributed by atoms with Gasteiger partial charge in [0.1, 0.15) is 0 Å². The minimum Gasteiger partial charge on any atom is -0.496 e. The minimum atomic E-state index is -2.55. The number of rotatable bonds is 1. The third-order valence-corrected chi connectivity index (χ3v) is 0.346. The average molecular weight is 378 g/mol. The third-order valence-electron chi connectivity index (χ3n) is 0.115. The molecule has 0 saturated carbocycles. The van der Waals surface area contributed by atoms with E-state index in [4.69, 9.17) is 5.26 Å².